The molecule has 18 heavy (non-hydrogen) atoms. The van der Waals surface area contributed by atoms with Crippen LogP contribution in [0.15, 0.2) is 22.0 Å². The van der Waals surface area contributed by atoms with Gasteiger partial charge in [-0.15, -0.1) is 11.3 Å². The van der Waals surface area contributed by atoms with Crippen LogP contribution in [0.2, 0.25) is 0 Å². The lowest BCUT2D eigenvalue weighted by atomic mass is 10.5. The maximum Gasteiger partial charge on any atom is 0.248 e. The summed E-state index contributed by atoms with van der Waals surface area (Å²) in [6, 6.07) is 0. The molecule has 0 radical (unpaired) electrons. The molecule has 0 saturated heterocycles. The molecular formula is C9H13N5O2S2. The summed E-state index contributed by atoms with van der Waals surface area (Å²) < 4.78 is 27.1. The Labute approximate surface area is 109 Å². The molecule has 2 heterocycles. The Morgan fingerprint density at radius 1 is 1.56 bits per heavy atom. The monoisotopic (exact) mass is 287 g/mol. The molecule has 2 aromatic heterocycles. The van der Waals surface area contributed by atoms with Crippen LogP contribution in [-0.4, -0.2) is 34.5 Å². The van der Waals surface area contributed by atoms with Gasteiger partial charge in [-0.1, -0.05) is 0 Å². The molecule has 2 aromatic rings. The number of hydrogen-bond acceptors (Lipinski definition) is 6. The van der Waals surface area contributed by atoms with Crippen LogP contribution in [-0.2, 0) is 23.6 Å². The van der Waals surface area contributed by atoms with Gasteiger partial charge in [0.15, 0.2) is 5.82 Å². The Hall–Kier alpha value is -1.45. The molecule has 9 heteroatoms. The Balaban J connectivity index is 2.28. The van der Waals surface area contributed by atoms with Gasteiger partial charge in [-0.2, -0.15) is 9.40 Å². The van der Waals surface area contributed by atoms with Gasteiger partial charge in [0.25, 0.3) is 0 Å². The number of aromatic nitrogens is 3. The van der Waals surface area contributed by atoms with Crippen molar-refractivity contribution in [2.24, 2.45) is 7.05 Å². The maximum atomic E-state index is 12.3. The van der Waals surface area contributed by atoms with Crippen LogP contribution in [0.3, 0.4) is 0 Å². The van der Waals surface area contributed by atoms with Crippen molar-refractivity contribution in [2.45, 2.75) is 11.4 Å². The SMILES string of the molecule is CN(Cc1cscn1)S(=O)(=O)c1cn(C)nc1N. The number of nitrogens with two attached hydrogens (primary N) is 1. The summed E-state index contributed by atoms with van der Waals surface area (Å²) in [4.78, 5) is 4.07. The molecule has 0 aliphatic heterocycles. The van der Waals surface area contributed by atoms with Gasteiger partial charge < -0.3 is 5.73 Å². The predicted octanol–water partition coefficient (Wildman–Crippen LogP) is 0.280. The van der Waals surface area contributed by atoms with Crippen molar-refractivity contribution < 1.29 is 8.42 Å². The lowest BCUT2D eigenvalue weighted by molar-refractivity contribution is 0.463. The number of thiazole rings is 1. The first-order valence-corrected chi connectivity index (χ1v) is 7.42. The van der Waals surface area contributed by atoms with Gasteiger partial charge in [0.1, 0.15) is 4.90 Å². The first-order chi connectivity index (χ1) is 8.41. The number of sulfonamides is 1. The van der Waals surface area contributed by atoms with E-state index in [1.807, 2.05) is 0 Å². The first-order valence-electron chi connectivity index (χ1n) is 5.04. The standard InChI is InChI=1S/C9H13N5O2S2/c1-13-4-8(9(10)12-13)18(15,16)14(2)3-7-5-17-6-11-7/h4-6H,3H2,1-2H3,(H2,10,12). The number of hydrogen-bond donors (Lipinski definition) is 1. The molecule has 0 spiro atoms. The third-order valence-electron chi connectivity index (χ3n) is 2.38. The first kappa shape index (κ1) is 13.0. The second-order valence-corrected chi connectivity index (χ2v) is 6.53. The molecule has 7 nitrogen and oxygen atoms in total. The fraction of sp³-hybridized carbons (Fsp3) is 0.333. The van der Waals surface area contributed by atoms with Gasteiger partial charge >= 0.3 is 0 Å². The molecule has 0 atom stereocenters. The lowest BCUT2D eigenvalue weighted by Gasteiger charge is -2.14. The van der Waals surface area contributed by atoms with Gasteiger partial charge in [0, 0.05) is 25.7 Å². The molecule has 0 fully saturated rings. The summed E-state index contributed by atoms with van der Waals surface area (Å²) in [5.74, 6) is 0.00243. The molecule has 0 aromatic carbocycles. The minimum absolute atomic E-state index is 0.00243. The molecule has 0 unspecified atom stereocenters. The normalized spacial score (nSPS) is 12.2. The van der Waals surface area contributed by atoms with Crippen LogP contribution in [0.1, 0.15) is 5.69 Å². The highest BCUT2D eigenvalue weighted by Crippen LogP contribution is 2.21. The summed E-state index contributed by atoms with van der Waals surface area (Å²) in [7, 11) is -0.527. The minimum atomic E-state index is -3.64. The van der Waals surface area contributed by atoms with Crippen LogP contribution >= 0.6 is 11.3 Å². The predicted molar refractivity (Wildman–Crippen MR) is 68.4 cm³/mol. The average Bonchev–Trinajstić information content (AvgIpc) is 2.88. The Morgan fingerprint density at radius 3 is 2.78 bits per heavy atom. The van der Waals surface area contributed by atoms with Gasteiger partial charge in [0.2, 0.25) is 10.0 Å². The van der Waals surface area contributed by atoms with Crippen molar-refractivity contribution in [1.29, 1.82) is 0 Å². The molecule has 2 N–H and O–H groups in total. The number of nitrogens with zero attached hydrogens (tertiary/aromatic N) is 4. The zero-order chi connectivity index (χ0) is 13.3. The van der Waals surface area contributed by atoms with Crippen LogP contribution in [0.25, 0.3) is 0 Å². The topological polar surface area (TPSA) is 94.1 Å². The number of nitrogen functional groups attached to an aromatic ring is 1. The second kappa shape index (κ2) is 4.67. The molecule has 98 valence electrons. The van der Waals surface area contributed by atoms with Gasteiger partial charge in [-0.3, -0.25) is 4.68 Å². The van der Waals surface area contributed by atoms with E-state index in [2.05, 4.69) is 10.1 Å². The van der Waals surface area contributed by atoms with E-state index in [-0.39, 0.29) is 17.3 Å². The maximum absolute atomic E-state index is 12.3. The molecule has 2 rings (SSSR count). The zero-order valence-electron chi connectivity index (χ0n) is 9.94. The Bertz CT molecular complexity index is 632. The lowest BCUT2D eigenvalue weighted by Crippen LogP contribution is -2.27. The summed E-state index contributed by atoms with van der Waals surface area (Å²) >= 11 is 1.42. The van der Waals surface area contributed by atoms with E-state index in [0.29, 0.717) is 5.69 Å². The number of aryl methyl sites for hydroxylation is 1. The highest BCUT2D eigenvalue weighted by Gasteiger charge is 2.26. The molecule has 0 bridgehead atoms. The van der Waals surface area contributed by atoms with Crippen molar-refractivity contribution >= 4 is 27.2 Å². The summed E-state index contributed by atoms with van der Waals surface area (Å²) in [6.45, 7) is 0.208. The van der Waals surface area contributed by atoms with Crippen molar-refractivity contribution in [2.75, 3.05) is 12.8 Å². The largest absolute Gasteiger partial charge is 0.381 e. The van der Waals surface area contributed by atoms with E-state index >= 15 is 0 Å². The van der Waals surface area contributed by atoms with Crippen LogP contribution < -0.4 is 5.73 Å². The van der Waals surface area contributed by atoms with E-state index in [1.165, 1.54) is 33.6 Å². The van der Waals surface area contributed by atoms with E-state index in [0.717, 1.165) is 0 Å². The molecule has 0 aliphatic rings. The Morgan fingerprint density at radius 2 is 2.28 bits per heavy atom. The molecule has 0 amide bonds. The number of anilines is 1. The highest BCUT2D eigenvalue weighted by molar-refractivity contribution is 7.89. The fourth-order valence-corrected chi connectivity index (χ4v) is 3.26. The van der Waals surface area contributed by atoms with Crippen molar-refractivity contribution in [3.63, 3.8) is 0 Å². The smallest absolute Gasteiger partial charge is 0.248 e. The summed E-state index contributed by atoms with van der Waals surface area (Å²) in [5.41, 5.74) is 7.95. The fourth-order valence-electron chi connectivity index (χ4n) is 1.48. The zero-order valence-corrected chi connectivity index (χ0v) is 11.6. The average molecular weight is 287 g/mol. The summed E-state index contributed by atoms with van der Waals surface area (Å²) in [6.07, 6.45) is 1.39. The van der Waals surface area contributed by atoms with Crippen molar-refractivity contribution in [3.8, 4) is 0 Å². The van der Waals surface area contributed by atoms with Crippen LogP contribution in [0.4, 0.5) is 5.82 Å². The van der Waals surface area contributed by atoms with Gasteiger partial charge in [-0.25, -0.2) is 13.4 Å². The Kier molecular flexibility index (Phi) is 3.37. The second-order valence-electron chi connectivity index (χ2n) is 3.79. The molecule has 0 aliphatic carbocycles. The third-order valence-corrected chi connectivity index (χ3v) is 4.83. The van der Waals surface area contributed by atoms with E-state index in [4.69, 9.17) is 5.73 Å². The number of rotatable bonds is 4. The molecular weight excluding hydrogens is 274 g/mol. The quantitative estimate of drug-likeness (QED) is 0.871. The van der Waals surface area contributed by atoms with E-state index in [1.54, 1.807) is 17.9 Å². The van der Waals surface area contributed by atoms with Crippen molar-refractivity contribution in [1.82, 2.24) is 19.1 Å². The highest BCUT2D eigenvalue weighted by atomic mass is 32.2. The molecule has 0 saturated carbocycles. The minimum Gasteiger partial charge on any atom is -0.381 e. The van der Waals surface area contributed by atoms with Crippen LogP contribution in [0.5, 0.6) is 0 Å². The van der Waals surface area contributed by atoms with E-state index < -0.39 is 10.0 Å². The van der Waals surface area contributed by atoms with Gasteiger partial charge in [0.05, 0.1) is 17.7 Å². The third kappa shape index (κ3) is 2.37. The van der Waals surface area contributed by atoms with Gasteiger partial charge in [-0.05, 0) is 0 Å². The van der Waals surface area contributed by atoms with Crippen LogP contribution in [0, 0.1) is 0 Å². The van der Waals surface area contributed by atoms with E-state index in [9.17, 15) is 8.42 Å². The summed E-state index contributed by atoms with van der Waals surface area (Å²) in [5, 5.41) is 5.64. The van der Waals surface area contributed by atoms with Crippen molar-refractivity contribution in [3.05, 3.63) is 22.8 Å².